The lowest BCUT2D eigenvalue weighted by Crippen LogP contribution is -3.00. The van der Waals surface area contributed by atoms with Gasteiger partial charge in [0.25, 0.3) is 5.91 Å². The number of nitrogens with zero attached hydrogens (tertiary/aromatic N) is 1. The van der Waals surface area contributed by atoms with E-state index in [9.17, 15) is 4.79 Å². The molecule has 27 heavy (non-hydrogen) atoms. The Hall–Kier alpha value is -2.91. The highest BCUT2D eigenvalue weighted by Crippen LogP contribution is 2.14. The van der Waals surface area contributed by atoms with Gasteiger partial charge in [0, 0.05) is 11.6 Å². The number of pyridine rings is 1. The van der Waals surface area contributed by atoms with Crippen LogP contribution >= 0.6 is 0 Å². The fourth-order valence-corrected chi connectivity index (χ4v) is 2.99. The Balaban J connectivity index is 0.00000261. The summed E-state index contributed by atoms with van der Waals surface area (Å²) in [6, 6.07) is 23.7. The van der Waals surface area contributed by atoms with Crippen molar-refractivity contribution in [1.82, 2.24) is 5.32 Å². The average Bonchev–Trinajstić information content (AvgIpc) is 2.70. The van der Waals surface area contributed by atoms with Crippen molar-refractivity contribution in [3.8, 4) is 0 Å². The Morgan fingerprint density at radius 3 is 2.15 bits per heavy atom. The van der Waals surface area contributed by atoms with E-state index in [1.165, 1.54) is 0 Å². The summed E-state index contributed by atoms with van der Waals surface area (Å²) in [6.07, 6.45) is 5.70. The highest BCUT2D eigenvalue weighted by molar-refractivity contribution is 5.93. The van der Waals surface area contributed by atoms with Crippen molar-refractivity contribution < 1.29 is 21.8 Å². The van der Waals surface area contributed by atoms with Crippen LogP contribution < -0.4 is 22.3 Å². The summed E-state index contributed by atoms with van der Waals surface area (Å²) in [5.41, 5.74) is 2.83. The van der Waals surface area contributed by atoms with E-state index >= 15 is 0 Å². The summed E-state index contributed by atoms with van der Waals surface area (Å²) in [7, 11) is 0. The van der Waals surface area contributed by atoms with Gasteiger partial charge in [-0.15, -0.1) is 0 Å². The van der Waals surface area contributed by atoms with Crippen molar-refractivity contribution in [3.05, 3.63) is 115 Å². The Bertz CT molecular complexity index is 881. The number of benzene rings is 2. The summed E-state index contributed by atoms with van der Waals surface area (Å²) in [5, 5.41) is 3.06. The van der Waals surface area contributed by atoms with Gasteiger partial charge in [0.1, 0.15) is 5.56 Å². The van der Waals surface area contributed by atoms with Gasteiger partial charge in [0.05, 0.1) is 6.04 Å². The minimum Gasteiger partial charge on any atom is -1.00 e. The number of carbonyl (C=O) groups excluding carboxylic acids is 1. The maximum atomic E-state index is 12.7. The summed E-state index contributed by atoms with van der Waals surface area (Å²) in [6.45, 7) is 5.94. The normalized spacial score (nSPS) is 12.3. The summed E-state index contributed by atoms with van der Waals surface area (Å²) in [5.74, 6) is -0.0911. The maximum absolute atomic E-state index is 12.7. The fourth-order valence-electron chi connectivity index (χ4n) is 2.99. The van der Waals surface area contributed by atoms with Crippen LogP contribution in [0.5, 0.6) is 0 Å². The molecule has 2 atom stereocenters. The Labute approximate surface area is 166 Å². The third kappa shape index (κ3) is 5.05. The van der Waals surface area contributed by atoms with Crippen molar-refractivity contribution >= 4 is 5.91 Å². The minimum atomic E-state index is -0.0911. The number of carbonyl (C=O) groups is 1. The average molecular weight is 379 g/mol. The number of allylic oxidation sites excluding steroid dienone is 1. The molecule has 3 nitrogen and oxygen atoms in total. The lowest BCUT2D eigenvalue weighted by Gasteiger charge is -2.14. The zero-order valence-electron chi connectivity index (χ0n) is 15.3. The van der Waals surface area contributed by atoms with Gasteiger partial charge in [-0.05, 0) is 24.6 Å². The topological polar surface area (TPSA) is 33.0 Å². The zero-order valence-corrected chi connectivity index (χ0v) is 16.0. The molecular weight excluding hydrogens is 356 g/mol. The van der Waals surface area contributed by atoms with Gasteiger partial charge in [0.15, 0.2) is 12.4 Å². The van der Waals surface area contributed by atoms with E-state index in [1.807, 2.05) is 90.6 Å². The van der Waals surface area contributed by atoms with Crippen LogP contribution in [0.2, 0.25) is 0 Å². The molecule has 3 aromatic rings. The van der Waals surface area contributed by atoms with Gasteiger partial charge in [-0.1, -0.05) is 67.2 Å². The first-order valence-corrected chi connectivity index (χ1v) is 8.73. The molecule has 0 aliphatic heterocycles. The van der Waals surface area contributed by atoms with Crippen LogP contribution in [0.4, 0.5) is 0 Å². The van der Waals surface area contributed by atoms with Crippen molar-refractivity contribution in [2.24, 2.45) is 0 Å². The zero-order chi connectivity index (χ0) is 18.4. The van der Waals surface area contributed by atoms with E-state index in [4.69, 9.17) is 0 Å². The van der Waals surface area contributed by atoms with Crippen LogP contribution in [0.25, 0.3) is 0 Å². The molecule has 4 heteroatoms. The molecule has 0 aliphatic carbocycles. The molecule has 1 N–H and O–H groups in total. The maximum Gasteiger partial charge on any atom is 0.257 e. The van der Waals surface area contributed by atoms with E-state index in [0.717, 1.165) is 11.1 Å². The second-order valence-corrected chi connectivity index (χ2v) is 6.24. The van der Waals surface area contributed by atoms with Crippen molar-refractivity contribution in [2.75, 3.05) is 0 Å². The third-order valence-corrected chi connectivity index (χ3v) is 4.42. The molecule has 0 spiro atoms. The molecule has 0 aliphatic rings. The van der Waals surface area contributed by atoms with Crippen LogP contribution in [-0.4, -0.2) is 5.91 Å². The van der Waals surface area contributed by atoms with E-state index in [0.29, 0.717) is 5.56 Å². The molecule has 1 aromatic heterocycles. The van der Waals surface area contributed by atoms with Crippen LogP contribution in [0.1, 0.15) is 40.5 Å². The largest absolute Gasteiger partial charge is 1.00 e. The molecule has 3 rings (SSSR count). The molecule has 0 fully saturated rings. The third-order valence-electron chi connectivity index (χ3n) is 4.42. The Kier molecular flexibility index (Phi) is 7.33. The quantitative estimate of drug-likeness (QED) is 0.508. The second-order valence-electron chi connectivity index (χ2n) is 6.24. The first-order valence-electron chi connectivity index (χ1n) is 8.73. The molecule has 0 saturated carbocycles. The van der Waals surface area contributed by atoms with E-state index < -0.39 is 0 Å². The highest BCUT2D eigenvalue weighted by Gasteiger charge is 2.20. The van der Waals surface area contributed by atoms with Gasteiger partial charge in [-0.2, -0.15) is 4.57 Å². The molecule has 138 valence electrons. The predicted octanol–water partition coefficient (Wildman–Crippen LogP) is 1.24. The van der Waals surface area contributed by atoms with Gasteiger partial charge in [-0.25, -0.2) is 0 Å². The van der Waals surface area contributed by atoms with Crippen molar-refractivity contribution in [2.45, 2.75) is 19.0 Å². The lowest BCUT2D eigenvalue weighted by atomic mass is 10.1. The molecule has 0 saturated heterocycles. The highest BCUT2D eigenvalue weighted by atomic mass is 35.5. The lowest BCUT2D eigenvalue weighted by molar-refractivity contribution is -0.703. The SMILES string of the molecule is C=CC(c1ccccc1)[n+]1cccc(C(=O)N[C@@H](C)c2ccccc2)c1.[Cl-]. The van der Waals surface area contributed by atoms with Crippen LogP contribution in [0, 0.1) is 0 Å². The van der Waals surface area contributed by atoms with Gasteiger partial charge >= 0.3 is 0 Å². The monoisotopic (exact) mass is 378 g/mol. The smallest absolute Gasteiger partial charge is 0.257 e. The Morgan fingerprint density at radius 2 is 1.56 bits per heavy atom. The van der Waals surface area contributed by atoms with E-state index in [-0.39, 0.29) is 30.4 Å². The second kappa shape index (κ2) is 9.70. The first-order chi connectivity index (χ1) is 12.7. The minimum absolute atomic E-state index is 0. The van der Waals surface area contributed by atoms with E-state index in [2.05, 4.69) is 24.0 Å². The number of aromatic nitrogens is 1. The molecule has 0 bridgehead atoms. The summed E-state index contributed by atoms with van der Waals surface area (Å²) in [4.78, 5) is 12.7. The molecule has 1 unspecified atom stereocenters. The first kappa shape index (κ1) is 20.4. The molecule has 1 heterocycles. The number of rotatable bonds is 6. The molecular formula is C23H23ClN2O. The number of halogens is 1. The summed E-state index contributed by atoms with van der Waals surface area (Å²) < 4.78 is 2.00. The van der Waals surface area contributed by atoms with Gasteiger partial charge in [-0.3, -0.25) is 4.79 Å². The van der Waals surface area contributed by atoms with Crippen molar-refractivity contribution in [1.29, 1.82) is 0 Å². The van der Waals surface area contributed by atoms with Crippen LogP contribution in [0.3, 0.4) is 0 Å². The van der Waals surface area contributed by atoms with Crippen LogP contribution in [0.15, 0.2) is 97.8 Å². The molecule has 0 radical (unpaired) electrons. The number of amides is 1. The van der Waals surface area contributed by atoms with Crippen LogP contribution in [-0.2, 0) is 0 Å². The molecule has 1 amide bonds. The van der Waals surface area contributed by atoms with Gasteiger partial charge < -0.3 is 17.7 Å². The van der Waals surface area contributed by atoms with Gasteiger partial charge in [0.2, 0.25) is 6.04 Å². The standard InChI is InChI=1S/C23H22N2O.ClH/c1-3-22(20-13-8-5-9-14-20)25-16-10-15-21(17-25)23(26)24-18(2)19-11-6-4-7-12-19;/h3-18,22H,1H2,2H3;1H/t18-,22?;/m0./s1. The number of hydrogen-bond donors (Lipinski definition) is 1. The number of hydrogen-bond acceptors (Lipinski definition) is 1. The number of nitrogens with one attached hydrogen (secondary N) is 1. The summed E-state index contributed by atoms with van der Waals surface area (Å²) >= 11 is 0. The molecule has 2 aromatic carbocycles. The van der Waals surface area contributed by atoms with E-state index in [1.54, 1.807) is 0 Å². The Morgan fingerprint density at radius 1 is 0.963 bits per heavy atom. The fraction of sp³-hybridized carbons (Fsp3) is 0.130. The predicted molar refractivity (Wildman–Crippen MR) is 104 cm³/mol. The van der Waals surface area contributed by atoms with Crippen molar-refractivity contribution in [3.63, 3.8) is 0 Å².